The summed E-state index contributed by atoms with van der Waals surface area (Å²) < 4.78 is 2.67. The molecule has 10 aromatic rings. The lowest BCUT2D eigenvalue weighted by Gasteiger charge is -2.26. The van der Waals surface area contributed by atoms with Crippen molar-refractivity contribution in [3.63, 3.8) is 0 Å². The molecule has 1 fully saturated rings. The summed E-state index contributed by atoms with van der Waals surface area (Å²) in [5.74, 6) is 0.633. The average molecular weight is 695 g/mol. The topological polar surface area (TPSA) is 0 Å². The van der Waals surface area contributed by atoms with Crippen molar-refractivity contribution < 1.29 is 0 Å². The van der Waals surface area contributed by atoms with Crippen molar-refractivity contribution in [3.05, 3.63) is 169 Å². The largest absolute Gasteiger partial charge is 0.135 e. The second kappa shape index (κ2) is 12.4. The molecule has 11 rings (SSSR count). The lowest BCUT2D eigenvalue weighted by Crippen LogP contribution is -2.06. The van der Waals surface area contributed by atoms with Gasteiger partial charge in [0.25, 0.3) is 0 Å². The van der Waals surface area contributed by atoms with E-state index in [1.54, 1.807) is 5.56 Å². The summed E-state index contributed by atoms with van der Waals surface area (Å²) in [6.07, 6.45) is 6.64. The standard InChI is InChI=1S/C52H38S/c1-3-15-33(16-4-1)49-38-19-7-11-23-42(38)51(43-24-12-8-20-39(43)49)35-28-30-47-46(31-35)37-29-27-36(32-48(37)53-47)52-44-25-13-9-21-40(44)50(34-17-5-2-6-18-34)41-22-10-14-26-45(41)52/h2,5-14,17-33H,1,3-4,15-16H2. The van der Waals surface area contributed by atoms with E-state index in [1.165, 1.54) is 129 Å². The zero-order valence-corrected chi connectivity index (χ0v) is 30.4. The third-order valence-corrected chi connectivity index (χ3v) is 13.2. The molecule has 0 nitrogen and oxygen atoms in total. The Morgan fingerprint density at radius 2 is 0.774 bits per heavy atom. The van der Waals surface area contributed by atoms with Crippen LogP contribution in [0.25, 0.3) is 96.6 Å². The Morgan fingerprint density at radius 1 is 0.321 bits per heavy atom. The van der Waals surface area contributed by atoms with Crippen molar-refractivity contribution in [2.75, 3.05) is 0 Å². The van der Waals surface area contributed by atoms with Gasteiger partial charge >= 0.3 is 0 Å². The number of benzene rings is 9. The highest BCUT2D eigenvalue weighted by atomic mass is 32.1. The van der Waals surface area contributed by atoms with Crippen LogP contribution in [0.2, 0.25) is 0 Å². The van der Waals surface area contributed by atoms with Crippen LogP contribution in [0.4, 0.5) is 0 Å². The van der Waals surface area contributed by atoms with Gasteiger partial charge in [0.05, 0.1) is 0 Å². The molecule has 0 radical (unpaired) electrons. The SMILES string of the molecule is c1ccc(-c2c3ccccc3c(-c3ccc4c(c3)sc3ccc(-c5c6ccccc6c(C6CCCCC6)c6ccccc56)cc34)c3ccccc23)cc1. The second-order valence-corrected chi connectivity index (χ2v) is 16.0. The monoisotopic (exact) mass is 694 g/mol. The summed E-state index contributed by atoms with van der Waals surface area (Å²) in [4.78, 5) is 0. The minimum atomic E-state index is 0.633. The molecule has 0 spiro atoms. The normalized spacial score (nSPS) is 14.0. The molecule has 1 heterocycles. The molecule has 1 saturated carbocycles. The lowest BCUT2D eigenvalue weighted by molar-refractivity contribution is 0.447. The molecule has 252 valence electrons. The fraction of sp³-hybridized carbons (Fsp3) is 0.115. The van der Waals surface area contributed by atoms with Gasteiger partial charge in [-0.1, -0.05) is 165 Å². The summed E-state index contributed by atoms with van der Waals surface area (Å²) in [7, 11) is 0. The minimum absolute atomic E-state index is 0.633. The van der Waals surface area contributed by atoms with E-state index >= 15 is 0 Å². The van der Waals surface area contributed by atoms with Crippen LogP contribution in [-0.2, 0) is 0 Å². The third-order valence-electron chi connectivity index (χ3n) is 12.0. The smallest absolute Gasteiger partial charge is 0.0361 e. The number of rotatable bonds is 4. The van der Waals surface area contributed by atoms with E-state index in [1.807, 2.05) is 11.3 Å². The van der Waals surface area contributed by atoms with Gasteiger partial charge in [0.15, 0.2) is 0 Å². The average Bonchev–Trinajstić information content (AvgIpc) is 3.59. The van der Waals surface area contributed by atoms with Gasteiger partial charge in [-0.15, -0.1) is 11.3 Å². The Balaban J connectivity index is 1.11. The van der Waals surface area contributed by atoms with Crippen molar-refractivity contribution in [2.24, 2.45) is 0 Å². The fourth-order valence-electron chi connectivity index (χ4n) is 9.75. The van der Waals surface area contributed by atoms with Crippen LogP contribution in [0.5, 0.6) is 0 Å². The van der Waals surface area contributed by atoms with Gasteiger partial charge < -0.3 is 0 Å². The zero-order chi connectivity index (χ0) is 34.9. The molecule has 0 N–H and O–H groups in total. The Hall–Kier alpha value is -5.76. The molecule has 1 aromatic heterocycles. The minimum Gasteiger partial charge on any atom is -0.135 e. The first-order valence-electron chi connectivity index (χ1n) is 19.2. The number of fused-ring (bicyclic) bond motifs is 7. The van der Waals surface area contributed by atoms with E-state index in [9.17, 15) is 0 Å². The fourth-order valence-corrected chi connectivity index (χ4v) is 10.9. The molecule has 0 aliphatic heterocycles. The van der Waals surface area contributed by atoms with E-state index in [2.05, 4.69) is 164 Å². The van der Waals surface area contributed by atoms with E-state index in [0.29, 0.717) is 5.92 Å². The quantitative estimate of drug-likeness (QED) is 0.161. The summed E-state index contributed by atoms with van der Waals surface area (Å²) in [5, 5.41) is 13.5. The van der Waals surface area contributed by atoms with Crippen LogP contribution in [0.15, 0.2) is 164 Å². The molecule has 9 aromatic carbocycles. The molecule has 1 heteroatoms. The molecule has 0 amide bonds. The summed E-state index contributed by atoms with van der Waals surface area (Å²) in [6, 6.07) is 61.6. The molecule has 53 heavy (non-hydrogen) atoms. The first-order chi connectivity index (χ1) is 26.3. The predicted molar refractivity (Wildman–Crippen MR) is 231 cm³/mol. The summed E-state index contributed by atoms with van der Waals surface area (Å²) >= 11 is 1.91. The summed E-state index contributed by atoms with van der Waals surface area (Å²) in [6.45, 7) is 0. The second-order valence-electron chi connectivity index (χ2n) is 14.9. The molecule has 1 aliphatic carbocycles. The highest BCUT2D eigenvalue weighted by Crippen LogP contribution is 2.48. The highest BCUT2D eigenvalue weighted by molar-refractivity contribution is 7.25. The van der Waals surface area contributed by atoms with Crippen molar-refractivity contribution in [2.45, 2.75) is 38.0 Å². The molecule has 0 bridgehead atoms. The maximum Gasteiger partial charge on any atom is 0.0361 e. The predicted octanol–water partition coefficient (Wildman–Crippen LogP) is 15.7. The maximum absolute atomic E-state index is 2.47. The lowest BCUT2D eigenvalue weighted by atomic mass is 9.78. The Morgan fingerprint density at radius 3 is 1.34 bits per heavy atom. The van der Waals surface area contributed by atoms with E-state index in [0.717, 1.165) is 0 Å². The zero-order valence-electron chi connectivity index (χ0n) is 29.6. The van der Waals surface area contributed by atoms with Crippen molar-refractivity contribution in [1.29, 1.82) is 0 Å². The summed E-state index contributed by atoms with van der Waals surface area (Å²) in [5.41, 5.74) is 9.39. The van der Waals surface area contributed by atoms with Crippen LogP contribution in [0, 0.1) is 0 Å². The maximum atomic E-state index is 2.47. The first-order valence-corrected chi connectivity index (χ1v) is 20.0. The van der Waals surface area contributed by atoms with Crippen LogP contribution in [0.1, 0.15) is 43.6 Å². The van der Waals surface area contributed by atoms with Crippen molar-refractivity contribution >= 4 is 74.6 Å². The van der Waals surface area contributed by atoms with Crippen molar-refractivity contribution in [3.8, 4) is 33.4 Å². The molecule has 0 atom stereocenters. The van der Waals surface area contributed by atoms with E-state index in [4.69, 9.17) is 0 Å². The Bertz CT molecular complexity index is 2920. The number of hydrogen-bond donors (Lipinski definition) is 0. The first kappa shape index (κ1) is 30.8. The molecular weight excluding hydrogens is 657 g/mol. The number of hydrogen-bond acceptors (Lipinski definition) is 1. The van der Waals surface area contributed by atoms with Crippen LogP contribution >= 0.6 is 11.3 Å². The van der Waals surface area contributed by atoms with Gasteiger partial charge in [-0.3, -0.25) is 0 Å². The van der Waals surface area contributed by atoms with Crippen LogP contribution in [-0.4, -0.2) is 0 Å². The van der Waals surface area contributed by atoms with Gasteiger partial charge in [-0.2, -0.15) is 0 Å². The molecule has 0 saturated heterocycles. The van der Waals surface area contributed by atoms with Crippen molar-refractivity contribution in [1.82, 2.24) is 0 Å². The van der Waals surface area contributed by atoms with Crippen LogP contribution < -0.4 is 0 Å². The molecule has 0 unspecified atom stereocenters. The number of thiophene rings is 1. The van der Waals surface area contributed by atoms with Gasteiger partial charge in [-0.25, -0.2) is 0 Å². The van der Waals surface area contributed by atoms with E-state index < -0.39 is 0 Å². The van der Waals surface area contributed by atoms with Crippen LogP contribution in [0.3, 0.4) is 0 Å². The molecule has 1 aliphatic rings. The highest BCUT2D eigenvalue weighted by Gasteiger charge is 2.24. The van der Waals surface area contributed by atoms with E-state index in [-0.39, 0.29) is 0 Å². The van der Waals surface area contributed by atoms with Gasteiger partial charge in [0.1, 0.15) is 0 Å². The van der Waals surface area contributed by atoms with Gasteiger partial charge in [0, 0.05) is 20.2 Å². The Labute approximate surface area is 314 Å². The third kappa shape index (κ3) is 4.88. The van der Waals surface area contributed by atoms with Gasteiger partial charge in [-0.05, 0) is 119 Å². The van der Waals surface area contributed by atoms with Gasteiger partial charge in [0.2, 0.25) is 0 Å². The Kier molecular flexibility index (Phi) is 7.23. The molecular formula is C52H38S.